The van der Waals surface area contributed by atoms with E-state index in [1.165, 1.54) is 0 Å². The van der Waals surface area contributed by atoms with Gasteiger partial charge < -0.3 is 20.1 Å². The molecule has 0 spiro atoms. The van der Waals surface area contributed by atoms with Gasteiger partial charge in [-0.1, -0.05) is 24.3 Å². The van der Waals surface area contributed by atoms with Gasteiger partial charge in [0.1, 0.15) is 12.2 Å². The summed E-state index contributed by atoms with van der Waals surface area (Å²) in [7, 11) is 0. The van der Waals surface area contributed by atoms with Crippen LogP contribution in [-0.2, 0) is 20.8 Å². The Kier molecular flexibility index (Phi) is 5.80. The summed E-state index contributed by atoms with van der Waals surface area (Å²) in [4.78, 5) is 24.1. The molecule has 2 aromatic rings. The number of carbonyl (C=O) groups excluding carboxylic acids is 2. The third kappa shape index (κ3) is 4.76. The molecule has 2 aliphatic rings. The molecular formula is C21H26N4O4. The number of H-pyrrole nitrogens is 1. The number of benzene rings is 1. The van der Waals surface area contributed by atoms with Gasteiger partial charge in [-0.05, 0) is 43.7 Å². The molecule has 0 unspecified atom stereocenters. The van der Waals surface area contributed by atoms with Crippen LogP contribution in [0.4, 0.5) is 10.6 Å². The van der Waals surface area contributed by atoms with Gasteiger partial charge in [0.25, 0.3) is 5.91 Å². The zero-order chi connectivity index (χ0) is 20.2. The van der Waals surface area contributed by atoms with Gasteiger partial charge in [0.05, 0.1) is 0 Å². The van der Waals surface area contributed by atoms with Crippen LogP contribution in [0.3, 0.4) is 0 Å². The second kappa shape index (κ2) is 8.65. The van der Waals surface area contributed by atoms with E-state index >= 15 is 0 Å². The van der Waals surface area contributed by atoms with Gasteiger partial charge in [-0.25, -0.2) is 4.79 Å². The van der Waals surface area contributed by atoms with Crippen LogP contribution >= 0.6 is 0 Å². The number of nitrogens with one attached hydrogen (secondary N) is 3. The van der Waals surface area contributed by atoms with E-state index in [0.29, 0.717) is 19.0 Å². The summed E-state index contributed by atoms with van der Waals surface area (Å²) in [6, 6.07) is 9.77. The number of anilines is 1. The minimum Gasteiger partial charge on any atom is -0.446 e. The first-order valence-corrected chi connectivity index (χ1v) is 10.1. The molecule has 4 rings (SSSR count). The first kappa shape index (κ1) is 19.4. The average molecular weight is 398 g/mol. The lowest BCUT2D eigenvalue weighted by atomic mass is 9.80. The van der Waals surface area contributed by atoms with Gasteiger partial charge in [0.2, 0.25) is 0 Å². The van der Waals surface area contributed by atoms with Gasteiger partial charge in [0.15, 0.2) is 5.82 Å². The van der Waals surface area contributed by atoms with Crippen LogP contribution in [0.1, 0.15) is 48.4 Å². The highest BCUT2D eigenvalue weighted by Gasteiger charge is 2.34. The minimum absolute atomic E-state index is 0.106. The number of aromatic amines is 1. The Morgan fingerprint density at radius 3 is 2.90 bits per heavy atom. The van der Waals surface area contributed by atoms with E-state index in [0.717, 1.165) is 42.5 Å². The molecule has 1 saturated carbocycles. The summed E-state index contributed by atoms with van der Waals surface area (Å²) >= 11 is 0. The molecule has 1 aliphatic heterocycles. The molecule has 3 N–H and O–H groups in total. The smallest absolute Gasteiger partial charge is 0.407 e. The monoisotopic (exact) mass is 398 g/mol. The zero-order valence-corrected chi connectivity index (χ0v) is 16.4. The number of rotatable bonds is 6. The Bertz CT molecular complexity index is 869. The zero-order valence-electron chi connectivity index (χ0n) is 16.4. The topological polar surface area (TPSA) is 105 Å². The summed E-state index contributed by atoms with van der Waals surface area (Å²) in [5.41, 5.74) is 3.15. The van der Waals surface area contributed by atoms with E-state index in [4.69, 9.17) is 9.47 Å². The summed E-state index contributed by atoms with van der Waals surface area (Å²) in [6.45, 7) is 3.10. The van der Waals surface area contributed by atoms with Crippen molar-refractivity contribution in [1.82, 2.24) is 15.5 Å². The predicted octanol–water partition coefficient (Wildman–Crippen LogP) is 3.01. The Labute approximate surface area is 169 Å². The predicted molar refractivity (Wildman–Crippen MR) is 106 cm³/mol. The van der Waals surface area contributed by atoms with E-state index in [9.17, 15) is 9.59 Å². The third-order valence-corrected chi connectivity index (χ3v) is 5.56. The van der Waals surface area contributed by atoms with Crippen LogP contribution in [0.25, 0.3) is 0 Å². The second-order valence-electron chi connectivity index (χ2n) is 7.68. The molecule has 0 bridgehead atoms. The SMILES string of the molecule is Cc1ccccc1CNC(=O)O[C@H]1C[C@@H](c2cc(NC(=O)[C@H]3CCCO3)n[nH]2)C1. The number of hydrogen-bond acceptors (Lipinski definition) is 5. The number of carbonyl (C=O) groups is 2. The molecule has 154 valence electrons. The van der Waals surface area contributed by atoms with Crippen LogP contribution in [-0.4, -0.2) is 41.0 Å². The number of amides is 2. The Morgan fingerprint density at radius 1 is 1.31 bits per heavy atom. The lowest BCUT2D eigenvalue weighted by Crippen LogP contribution is -2.36. The van der Waals surface area contributed by atoms with Gasteiger partial charge in [-0.2, -0.15) is 5.10 Å². The normalized spacial score (nSPS) is 23.3. The van der Waals surface area contributed by atoms with Crippen molar-refractivity contribution >= 4 is 17.8 Å². The maximum Gasteiger partial charge on any atom is 0.407 e. The van der Waals surface area contributed by atoms with Crippen LogP contribution in [0.2, 0.25) is 0 Å². The lowest BCUT2D eigenvalue weighted by molar-refractivity contribution is -0.124. The Balaban J connectivity index is 1.19. The highest BCUT2D eigenvalue weighted by molar-refractivity contribution is 5.93. The number of ether oxygens (including phenoxy) is 2. The molecule has 1 aromatic carbocycles. The molecule has 2 fully saturated rings. The number of hydrogen-bond donors (Lipinski definition) is 3. The number of nitrogens with zero attached hydrogens (tertiary/aromatic N) is 1. The molecule has 2 heterocycles. The van der Waals surface area contributed by atoms with E-state index < -0.39 is 6.09 Å². The molecule has 8 nitrogen and oxygen atoms in total. The van der Waals surface area contributed by atoms with E-state index in [-0.39, 0.29) is 24.0 Å². The quantitative estimate of drug-likeness (QED) is 0.694. The van der Waals surface area contributed by atoms with Crippen molar-refractivity contribution in [3.63, 3.8) is 0 Å². The van der Waals surface area contributed by atoms with Crippen molar-refractivity contribution in [3.05, 3.63) is 47.2 Å². The van der Waals surface area contributed by atoms with Crippen LogP contribution < -0.4 is 10.6 Å². The molecule has 0 radical (unpaired) electrons. The molecule has 8 heteroatoms. The van der Waals surface area contributed by atoms with Crippen molar-refractivity contribution in [2.24, 2.45) is 0 Å². The van der Waals surface area contributed by atoms with Crippen molar-refractivity contribution in [2.45, 2.75) is 57.3 Å². The van der Waals surface area contributed by atoms with Crippen molar-refractivity contribution in [1.29, 1.82) is 0 Å². The van der Waals surface area contributed by atoms with Crippen molar-refractivity contribution < 1.29 is 19.1 Å². The molecule has 1 aliphatic carbocycles. The second-order valence-corrected chi connectivity index (χ2v) is 7.68. The Hall–Kier alpha value is -2.87. The van der Waals surface area contributed by atoms with Gasteiger partial charge in [-0.15, -0.1) is 0 Å². The molecule has 1 saturated heterocycles. The van der Waals surface area contributed by atoms with Crippen LogP contribution in [0.15, 0.2) is 30.3 Å². The van der Waals surface area contributed by atoms with E-state index in [2.05, 4.69) is 20.8 Å². The van der Waals surface area contributed by atoms with Crippen LogP contribution in [0, 0.1) is 6.92 Å². The minimum atomic E-state index is -0.397. The number of aromatic nitrogens is 2. The summed E-state index contributed by atoms with van der Waals surface area (Å²) < 4.78 is 10.8. The molecule has 29 heavy (non-hydrogen) atoms. The number of aryl methyl sites for hydroxylation is 1. The molecule has 1 atom stereocenters. The van der Waals surface area contributed by atoms with Gasteiger partial charge in [-0.3, -0.25) is 9.89 Å². The molecular weight excluding hydrogens is 372 g/mol. The summed E-state index contributed by atoms with van der Waals surface area (Å²) in [6.07, 6.45) is 2.24. The maximum absolute atomic E-state index is 12.1. The highest BCUT2D eigenvalue weighted by atomic mass is 16.6. The maximum atomic E-state index is 12.1. The Morgan fingerprint density at radius 2 is 2.14 bits per heavy atom. The standard InChI is InChI=1S/C21H26N4O4/c1-13-5-2-3-6-14(13)12-22-21(27)29-16-9-15(10-16)17-11-19(25-24-17)23-20(26)18-7-4-8-28-18/h2-3,5-6,11,15-16,18H,4,7-10,12H2,1H3,(H,22,27)(H2,23,24,25,26)/t15-,16+,18-/m1/s1. The average Bonchev–Trinajstić information content (AvgIpc) is 3.36. The molecule has 2 amide bonds. The first-order chi connectivity index (χ1) is 14.1. The largest absolute Gasteiger partial charge is 0.446 e. The first-order valence-electron chi connectivity index (χ1n) is 10.1. The van der Waals surface area contributed by atoms with Gasteiger partial charge in [0, 0.05) is 30.8 Å². The summed E-state index contributed by atoms with van der Waals surface area (Å²) in [5, 5.41) is 12.7. The highest BCUT2D eigenvalue weighted by Crippen LogP contribution is 2.38. The fourth-order valence-corrected chi connectivity index (χ4v) is 3.69. The van der Waals surface area contributed by atoms with E-state index in [1.54, 1.807) is 0 Å². The summed E-state index contributed by atoms with van der Waals surface area (Å²) in [5.74, 6) is 0.589. The van der Waals surface area contributed by atoms with Crippen LogP contribution in [0.5, 0.6) is 0 Å². The van der Waals surface area contributed by atoms with E-state index in [1.807, 2.05) is 37.3 Å². The number of alkyl carbamates (subject to hydrolysis) is 1. The third-order valence-electron chi connectivity index (χ3n) is 5.56. The molecule has 1 aromatic heterocycles. The fraction of sp³-hybridized carbons (Fsp3) is 0.476. The van der Waals surface area contributed by atoms with Crippen molar-refractivity contribution in [2.75, 3.05) is 11.9 Å². The van der Waals surface area contributed by atoms with Gasteiger partial charge >= 0.3 is 6.09 Å². The fourth-order valence-electron chi connectivity index (χ4n) is 3.69. The van der Waals surface area contributed by atoms with Crippen molar-refractivity contribution in [3.8, 4) is 0 Å². The lowest BCUT2D eigenvalue weighted by Gasteiger charge is -2.33.